The first kappa shape index (κ1) is 14.1. The number of hydrogen-bond donors (Lipinski definition) is 0. The molecule has 0 saturated carbocycles. The zero-order chi connectivity index (χ0) is 16.5. The van der Waals surface area contributed by atoms with E-state index in [1.54, 1.807) is 0 Å². The van der Waals surface area contributed by atoms with Crippen molar-refractivity contribution in [1.82, 2.24) is 0 Å². The molecule has 2 aromatic rings. The standard InChI is InChI=1S/C20H27NSi/c1-4-22(5-2,6-3)20-16-17-12-10-11-15-19(17)21(20)18-13-8-7-9-14-18/h7-15,20H,4-6,16H2,1-3H3/i20D. The lowest BCUT2D eigenvalue weighted by Crippen LogP contribution is -2.53. The summed E-state index contributed by atoms with van der Waals surface area (Å²) in [5, 5.41) is 0. The van der Waals surface area contributed by atoms with Crippen LogP contribution >= 0.6 is 0 Å². The first-order valence-electron chi connectivity index (χ1n) is 9.05. The molecule has 0 radical (unpaired) electrons. The summed E-state index contributed by atoms with van der Waals surface area (Å²) < 4.78 is 9.65. The molecule has 1 unspecified atom stereocenters. The van der Waals surface area contributed by atoms with E-state index in [1.807, 2.05) is 0 Å². The number of anilines is 2. The molecule has 0 spiro atoms. The third-order valence-electron chi connectivity index (χ3n) is 5.52. The molecule has 0 fully saturated rings. The van der Waals surface area contributed by atoms with Gasteiger partial charge < -0.3 is 4.90 Å². The summed E-state index contributed by atoms with van der Waals surface area (Å²) >= 11 is 0. The minimum Gasteiger partial charge on any atom is -0.341 e. The molecule has 1 heterocycles. The van der Waals surface area contributed by atoms with Crippen molar-refractivity contribution in [2.75, 3.05) is 4.90 Å². The van der Waals surface area contributed by atoms with E-state index in [0.717, 1.165) is 6.42 Å². The van der Waals surface area contributed by atoms with E-state index in [1.165, 1.54) is 35.1 Å². The first-order valence-corrected chi connectivity index (χ1v) is 11.2. The molecule has 0 amide bonds. The molecule has 2 heteroatoms. The second kappa shape index (κ2) is 6.29. The highest BCUT2D eigenvalue weighted by molar-refractivity contribution is 6.81. The lowest BCUT2D eigenvalue weighted by atomic mass is 10.2. The Hall–Kier alpha value is -1.54. The van der Waals surface area contributed by atoms with Gasteiger partial charge in [-0.15, -0.1) is 0 Å². The van der Waals surface area contributed by atoms with Gasteiger partial charge in [0, 0.05) is 17.0 Å². The van der Waals surface area contributed by atoms with Crippen LogP contribution in [0, 0.1) is 0 Å². The van der Waals surface area contributed by atoms with Gasteiger partial charge in [0.1, 0.15) is 0 Å². The van der Waals surface area contributed by atoms with Crippen molar-refractivity contribution in [1.29, 1.82) is 0 Å². The van der Waals surface area contributed by atoms with Crippen molar-refractivity contribution in [3.05, 3.63) is 60.2 Å². The minimum atomic E-state index is -1.76. The van der Waals surface area contributed by atoms with Gasteiger partial charge in [-0.2, -0.15) is 0 Å². The molecule has 0 aromatic heterocycles. The number of hydrogen-bond acceptors (Lipinski definition) is 1. The van der Waals surface area contributed by atoms with E-state index in [9.17, 15) is 1.37 Å². The highest BCUT2D eigenvalue weighted by Crippen LogP contribution is 2.44. The average molecular weight is 311 g/mol. The number of fused-ring (bicyclic) bond motifs is 1. The Morgan fingerprint density at radius 1 is 0.955 bits per heavy atom. The van der Waals surface area contributed by atoms with Gasteiger partial charge in [0.25, 0.3) is 0 Å². The molecule has 2 aromatic carbocycles. The second-order valence-corrected chi connectivity index (χ2v) is 11.5. The summed E-state index contributed by atoms with van der Waals surface area (Å²) in [4.78, 5) is 2.35. The molecule has 1 atom stereocenters. The van der Waals surface area contributed by atoms with Crippen LogP contribution in [0.15, 0.2) is 54.6 Å². The maximum atomic E-state index is 9.65. The molecule has 0 bridgehead atoms. The fourth-order valence-corrected chi connectivity index (χ4v) is 7.96. The Labute approximate surface area is 137 Å². The van der Waals surface area contributed by atoms with Crippen LogP contribution in [0.25, 0.3) is 0 Å². The third kappa shape index (κ3) is 2.40. The van der Waals surface area contributed by atoms with E-state index in [2.05, 4.69) is 80.3 Å². The van der Waals surface area contributed by atoms with Crippen LogP contribution in [0.4, 0.5) is 11.4 Å². The molecule has 3 rings (SSSR count). The molecule has 1 aliphatic rings. The van der Waals surface area contributed by atoms with E-state index in [4.69, 9.17) is 0 Å². The molecule has 1 nitrogen and oxygen atoms in total. The minimum absolute atomic E-state index is 0.490. The summed E-state index contributed by atoms with van der Waals surface area (Å²) in [5.74, 6) is 0. The summed E-state index contributed by atoms with van der Waals surface area (Å²) in [6.45, 7) is 6.92. The molecule has 116 valence electrons. The van der Waals surface area contributed by atoms with E-state index < -0.39 is 13.7 Å². The van der Waals surface area contributed by atoms with Gasteiger partial charge in [-0.05, 0) is 30.2 Å². The van der Waals surface area contributed by atoms with Gasteiger partial charge in [0.2, 0.25) is 0 Å². The van der Waals surface area contributed by atoms with Crippen LogP contribution < -0.4 is 4.90 Å². The zero-order valence-electron chi connectivity index (χ0n) is 15.0. The van der Waals surface area contributed by atoms with Crippen molar-refractivity contribution in [3.63, 3.8) is 0 Å². The second-order valence-electron chi connectivity index (χ2n) is 6.26. The first-order chi connectivity index (χ1) is 11.1. The average Bonchev–Trinajstić information content (AvgIpc) is 2.91. The van der Waals surface area contributed by atoms with E-state index in [-0.39, 0.29) is 0 Å². The van der Waals surface area contributed by atoms with Gasteiger partial charge in [-0.25, -0.2) is 0 Å². The van der Waals surface area contributed by atoms with Gasteiger partial charge in [0.15, 0.2) is 0 Å². The zero-order valence-corrected chi connectivity index (χ0v) is 15.0. The third-order valence-corrected chi connectivity index (χ3v) is 11.2. The Kier molecular flexibility index (Phi) is 4.03. The van der Waals surface area contributed by atoms with Crippen molar-refractivity contribution in [2.24, 2.45) is 0 Å². The predicted molar refractivity (Wildman–Crippen MR) is 99.7 cm³/mol. The SMILES string of the molecule is [2H]C1([Si](CC)(CC)CC)Cc2ccccc2N1c1ccccc1. The molecular weight excluding hydrogens is 282 g/mol. The topological polar surface area (TPSA) is 3.24 Å². The maximum absolute atomic E-state index is 9.65. The highest BCUT2D eigenvalue weighted by atomic mass is 28.3. The molecular formula is C20H27NSi. The largest absolute Gasteiger partial charge is 0.341 e. The fourth-order valence-electron chi connectivity index (χ4n) is 3.94. The highest BCUT2D eigenvalue weighted by Gasteiger charge is 2.44. The van der Waals surface area contributed by atoms with Gasteiger partial charge in [-0.3, -0.25) is 0 Å². The van der Waals surface area contributed by atoms with Gasteiger partial charge >= 0.3 is 0 Å². The molecule has 1 aliphatic heterocycles. The van der Waals surface area contributed by atoms with Gasteiger partial charge in [-0.1, -0.05) is 75.3 Å². The van der Waals surface area contributed by atoms with Crippen LogP contribution in [-0.4, -0.2) is 13.7 Å². The van der Waals surface area contributed by atoms with Crippen LogP contribution in [-0.2, 0) is 6.42 Å². The van der Waals surface area contributed by atoms with Crippen molar-refractivity contribution < 1.29 is 1.37 Å². The van der Waals surface area contributed by atoms with Crippen LogP contribution in [0.1, 0.15) is 27.7 Å². The molecule has 0 aliphatic carbocycles. The molecule has 0 saturated heterocycles. The number of rotatable bonds is 5. The summed E-state index contributed by atoms with van der Waals surface area (Å²) in [7, 11) is -1.76. The van der Waals surface area contributed by atoms with Crippen molar-refractivity contribution >= 4 is 19.4 Å². The maximum Gasteiger partial charge on any atom is 0.0798 e. The monoisotopic (exact) mass is 310 g/mol. The Balaban J connectivity index is 2.21. The molecule has 0 N–H and O–H groups in total. The van der Waals surface area contributed by atoms with Crippen LogP contribution in [0.5, 0.6) is 0 Å². The van der Waals surface area contributed by atoms with Crippen LogP contribution in [0.3, 0.4) is 0 Å². The Bertz CT molecular complexity index is 660. The Morgan fingerprint density at radius 2 is 1.55 bits per heavy atom. The van der Waals surface area contributed by atoms with Crippen molar-refractivity contribution in [3.8, 4) is 0 Å². The fraction of sp³-hybridized carbons (Fsp3) is 0.400. The number of nitrogens with zero attached hydrogens (tertiary/aromatic N) is 1. The van der Waals surface area contributed by atoms with Gasteiger partial charge in [0.05, 0.1) is 9.44 Å². The summed E-state index contributed by atoms with van der Waals surface area (Å²) in [6.07, 6.45) is 0.861. The molecule has 22 heavy (non-hydrogen) atoms. The van der Waals surface area contributed by atoms with Crippen LogP contribution in [0.2, 0.25) is 18.1 Å². The Morgan fingerprint density at radius 3 is 2.18 bits per heavy atom. The number of benzene rings is 2. The number of para-hydroxylation sites is 2. The predicted octanol–water partition coefficient (Wildman–Crippen LogP) is 5.80. The van der Waals surface area contributed by atoms with E-state index in [0.29, 0.717) is 0 Å². The lowest BCUT2D eigenvalue weighted by molar-refractivity contribution is 0.838. The summed E-state index contributed by atoms with van der Waals surface area (Å²) in [5.41, 5.74) is 3.25. The smallest absolute Gasteiger partial charge is 0.0798 e. The lowest BCUT2D eigenvalue weighted by Gasteiger charge is -2.41. The van der Waals surface area contributed by atoms with E-state index >= 15 is 0 Å². The quantitative estimate of drug-likeness (QED) is 0.631. The summed E-state index contributed by atoms with van der Waals surface area (Å²) in [6, 6.07) is 22.7. The normalized spacial score (nSPS) is 21.6. The van der Waals surface area contributed by atoms with Crippen molar-refractivity contribution in [2.45, 2.75) is 51.0 Å².